The van der Waals surface area contributed by atoms with E-state index in [2.05, 4.69) is 16.0 Å². The number of para-hydroxylation sites is 1. The maximum atomic E-state index is 13.2. The molecule has 1 atom stereocenters. The van der Waals surface area contributed by atoms with Gasteiger partial charge < -0.3 is 16.0 Å². The van der Waals surface area contributed by atoms with E-state index in [1.165, 1.54) is 23.1 Å². The Bertz CT molecular complexity index is 1390. The fraction of sp³-hybridized carbons (Fsp3) is 0.0690. The largest absolute Gasteiger partial charge is 0.325 e. The summed E-state index contributed by atoms with van der Waals surface area (Å²) < 4.78 is 0. The third kappa shape index (κ3) is 7.67. The molecule has 3 amide bonds. The molecule has 3 aromatic carbocycles. The molecule has 0 bridgehead atoms. The molecule has 0 saturated heterocycles. The van der Waals surface area contributed by atoms with Gasteiger partial charge in [0.2, 0.25) is 5.91 Å². The number of hydrogen-bond donors (Lipinski definition) is 3. The Hall–Kier alpha value is -4.14. The maximum Gasteiger partial charge on any atom is 0.272 e. The second-order valence-electron chi connectivity index (χ2n) is 7.99. The highest BCUT2D eigenvalue weighted by Gasteiger charge is 2.17. The Kier molecular flexibility index (Phi) is 8.91. The average Bonchev–Trinajstić information content (AvgIpc) is 3.43. The lowest BCUT2D eigenvalue weighted by molar-refractivity contribution is -0.115. The fourth-order valence-electron chi connectivity index (χ4n) is 3.33. The van der Waals surface area contributed by atoms with Crippen LogP contribution in [0.1, 0.15) is 22.2 Å². The smallest absolute Gasteiger partial charge is 0.272 e. The minimum Gasteiger partial charge on any atom is -0.325 e. The molecule has 0 aliphatic rings. The molecular weight excluding hydrogens is 502 g/mol. The van der Waals surface area contributed by atoms with Gasteiger partial charge in [0.25, 0.3) is 11.8 Å². The molecule has 0 spiro atoms. The molecule has 186 valence electrons. The lowest BCUT2D eigenvalue weighted by Crippen LogP contribution is -2.30. The highest BCUT2D eigenvalue weighted by molar-refractivity contribution is 8.00. The first kappa shape index (κ1) is 25.9. The Balaban J connectivity index is 1.44. The monoisotopic (exact) mass is 527 g/mol. The van der Waals surface area contributed by atoms with Gasteiger partial charge in [0, 0.05) is 26.7 Å². The van der Waals surface area contributed by atoms with Crippen molar-refractivity contribution in [3.05, 3.63) is 119 Å². The van der Waals surface area contributed by atoms with Crippen LogP contribution < -0.4 is 16.0 Å². The van der Waals surface area contributed by atoms with Crippen molar-refractivity contribution in [1.29, 1.82) is 0 Å². The van der Waals surface area contributed by atoms with Crippen molar-refractivity contribution in [3.63, 3.8) is 0 Å². The van der Waals surface area contributed by atoms with Crippen molar-refractivity contribution in [2.45, 2.75) is 17.1 Å². The van der Waals surface area contributed by atoms with Gasteiger partial charge in [-0.25, -0.2) is 0 Å². The highest BCUT2D eigenvalue weighted by atomic mass is 32.2. The van der Waals surface area contributed by atoms with Crippen LogP contribution in [0, 0.1) is 0 Å². The van der Waals surface area contributed by atoms with Crippen LogP contribution in [-0.2, 0) is 9.59 Å². The number of carbonyl (C=O) groups is 3. The Morgan fingerprint density at radius 1 is 0.811 bits per heavy atom. The molecule has 0 saturated carbocycles. The quantitative estimate of drug-likeness (QED) is 0.177. The highest BCUT2D eigenvalue weighted by Crippen LogP contribution is 2.27. The normalized spacial score (nSPS) is 11.9. The van der Waals surface area contributed by atoms with Gasteiger partial charge in [-0.05, 0) is 66.9 Å². The number of hydrogen-bond acceptors (Lipinski definition) is 5. The first-order valence-corrected chi connectivity index (χ1v) is 13.3. The van der Waals surface area contributed by atoms with Gasteiger partial charge in [-0.3, -0.25) is 14.4 Å². The van der Waals surface area contributed by atoms with E-state index in [-0.39, 0.29) is 22.8 Å². The van der Waals surface area contributed by atoms with Crippen LogP contribution in [0.25, 0.3) is 6.08 Å². The van der Waals surface area contributed by atoms with Crippen molar-refractivity contribution in [2.24, 2.45) is 0 Å². The minimum atomic E-state index is -0.449. The van der Waals surface area contributed by atoms with Crippen LogP contribution in [0.5, 0.6) is 0 Å². The first-order chi connectivity index (χ1) is 18.0. The number of amides is 3. The second kappa shape index (κ2) is 12.7. The zero-order valence-corrected chi connectivity index (χ0v) is 21.6. The molecule has 0 radical (unpaired) electrons. The molecule has 3 N–H and O–H groups in total. The van der Waals surface area contributed by atoms with E-state index < -0.39 is 5.91 Å². The van der Waals surface area contributed by atoms with Gasteiger partial charge in [0.15, 0.2) is 0 Å². The third-order valence-electron chi connectivity index (χ3n) is 5.17. The summed E-state index contributed by atoms with van der Waals surface area (Å²) >= 11 is 2.85. The Labute approximate surface area is 223 Å². The third-order valence-corrected chi connectivity index (χ3v) is 7.09. The molecule has 0 fully saturated rings. The number of thiophene rings is 1. The first-order valence-electron chi connectivity index (χ1n) is 11.5. The summed E-state index contributed by atoms with van der Waals surface area (Å²) in [7, 11) is 0. The number of rotatable bonds is 9. The average molecular weight is 528 g/mol. The van der Waals surface area contributed by atoms with Crippen molar-refractivity contribution >= 4 is 58.3 Å². The number of nitrogens with one attached hydrogen (secondary N) is 3. The molecule has 0 aliphatic carbocycles. The molecule has 4 rings (SSSR count). The number of thioether (sulfide) groups is 1. The van der Waals surface area contributed by atoms with Crippen molar-refractivity contribution in [1.82, 2.24) is 5.32 Å². The second-order valence-corrected chi connectivity index (χ2v) is 10.4. The molecule has 1 heterocycles. The predicted molar refractivity (Wildman–Crippen MR) is 152 cm³/mol. The predicted octanol–water partition coefficient (Wildman–Crippen LogP) is 6.28. The maximum absolute atomic E-state index is 13.2. The van der Waals surface area contributed by atoms with E-state index >= 15 is 0 Å². The van der Waals surface area contributed by atoms with Crippen LogP contribution >= 0.6 is 23.1 Å². The number of benzene rings is 3. The van der Waals surface area contributed by atoms with E-state index in [0.717, 1.165) is 15.5 Å². The van der Waals surface area contributed by atoms with E-state index in [1.807, 2.05) is 73.0 Å². The summed E-state index contributed by atoms with van der Waals surface area (Å²) in [5.74, 6) is -0.939. The van der Waals surface area contributed by atoms with E-state index in [1.54, 1.807) is 42.5 Å². The SMILES string of the molecule is CC(Sc1cccc(NC(=O)/C(=C/c2cccs2)NC(=O)c2ccccc2)c1)C(=O)Nc1ccccc1. The standard InChI is InChI=1S/C29H25N3O3S2/c1-20(27(33)30-22-12-6-3-7-13-22)37-25-15-8-14-23(18-25)31-29(35)26(19-24-16-9-17-36-24)32-28(34)21-10-4-2-5-11-21/h2-20H,1H3,(H,30,33)(H,31,35)(H,32,34)/b26-19-. The van der Waals surface area contributed by atoms with Gasteiger partial charge >= 0.3 is 0 Å². The van der Waals surface area contributed by atoms with Gasteiger partial charge in [0.1, 0.15) is 5.70 Å². The minimum absolute atomic E-state index is 0.115. The summed E-state index contributed by atoms with van der Waals surface area (Å²) in [6.45, 7) is 1.83. The Morgan fingerprint density at radius 2 is 1.51 bits per heavy atom. The van der Waals surface area contributed by atoms with Crippen LogP contribution in [-0.4, -0.2) is 23.0 Å². The van der Waals surface area contributed by atoms with Crippen LogP contribution in [0.2, 0.25) is 0 Å². The molecule has 1 aromatic heterocycles. The summed E-state index contributed by atoms with van der Waals surface area (Å²) in [5, 5.41) is 10.0. The summed E-state index contributed by atoms with van der Waals surface area (Å²) in [6.07, 6.45) is 1.65. The molecule has 8 heteroatoms. The molecule has 6 nitrogen and oxygen atoms in total. The molecular formula is C29H25N3O3S2. The lowest BCUT2D eigenvalue weighted by Gasteiger charge is -2.14. The molecule has 1 unspecified atom stereocenters. The summed E-state index contributed by atoms with van der Waals surface area (Å²) in [6, 6.07) is 29.0. The number of anilines is 2. The Morgan fingerprint density at radius 3 is 2.22 bits per heavy atom. The van der Waals surface area contributed by atoms with Crippen LogP contribution in [0.4, 0.5) is 11.4 Å². The number of carbonyl (C=O) groups excluding carboxylic acids is 3. The summed E-state index contributed by atoms with van der Waals surface area (Å²) in [4.78, 5) is 40.2. The fourth-order valence-corrected chi connectivity index (χ4v) is 4.91. The van der Waals surface area contributed by atoms with Crippen LogP contribution in [0.15, 0.2) is 113 Å². The topological polar surface area (TPSA) is 87.3 Å². The molecule has 37 heavy (non-hydrogen) atoms. The molecule has 4 aromatic rings. The lowest BCUT2D eigenvalue weighted by atomic mass is 10.2. The summed E-state index contributed by atoms with van der Waals surface area (Å²) in [5.41, 5.74) is 1.87. The zero-order chi connectivity index (χ0) is 26.0. The van der Waals surface area contributed by atoms with E-state index in [9.17, 15) is 14.4 Å². The molecule has 0 aliphatic heterocycles. The van der Waals surface area contributed by atoms with Gasteiger partial charge in [-0.2, -0.15) is 0 Å². The van der Waals surface area contributed by atoms with E-state index in [0.29, 0.717) is 11.3 Å². The van der Waals surface area contributed by atoms with Gasteiger partial charge in [-0.1, -0.05) is 48.5 Å². The van der Waals surface area contributed by atoms with E-state index in [4.69, 9.17) is 0 Å². The van der Waals surface area contributed by atoms with Gasteiger partial charge in [-0.15, -0.1) is 23.1 Å². The van der Waals surface area contributed by atoms with Crippen LogP contribution in [0.3, 0.4) is 0 Å². The van der Waals surface area contributed by atoms with Crippen molar-refractivity contribution < 1.29 is 14.4 Å². The van der Waals surface area contributed by atoms with Crippen molar-refractivity contribution in [2.75, 3.05) is 10.6 Å². The zero-order valence-electron chi connectivity index (χ0n) is 20.0. The van der Waals surface area contributed by atoms with Crippen molar-refractivity contribution in [3.8, 4) is 0 Å². The van der Waals surface area contributed by atoms with Gasteiger partial charge in [0.05, 0.1) is 5.25 Å².